The molecule has 0 saturated carbocycles. The Morgan fingerprint density at radius 2 is 2.33 bits per heavy atom. The van der Waals surface area contributed by atoms with Crippen LogP contribution in [0.3, 0.4) is 0 Å². The molecule has 0 aliphatic rings. The molecule has 0 radical (unpaired) electrons. The van der Waals surface area contributed by atoms with Gasteiger partial charge in [0.15, 0.2) is 5.82 Å². The molecule has 0 aliphatic heterocycles. The number of rotatable bonds is 3. The lowest BCUT2D eigenvalue weighted by molar-refractivity contribution is 0.612. The van der Waals surface area contributed by atoms with Gasteiger partial charge in [-0.15, -0.1) is 6.42 Å². The molecule has 2 N–H and O–H groups in total. The number of H-pyrrole nitrogens is 1. The van der Waals surface area contributed by atoms with Crippen molar-refractivity contribution in [2.75, 3.05) is 5.32 Å². The Morgan fingerprint density at radius 1 is 1.67 bits per heavy atom. The van der Waals surface area contributed by atoms with Gasteiger partial charge in [0.25, 0.3) is 5.56 Å². The van der Waals surface area contributed by atoms with Gasteiger partial charge < -0.3 is 10.3 Å². The number of nitrogens with zero attached hydrogens (tertiary/aromatic N) is 1. The second-order valence-electron chi connectivity index (χ2n) is 3.43. The van der Waals surface area contributed by atoms with Crippen molar-refractivity contribution in [2.45, 2.75) is 19.9 Å². The molecule has 5 heteroatoms. The Kier molecular flexibility index (Phi) is 3.75. The molecular formula is C10H12ClN3O. The fraction of sp³-hybridized carbons (Fsp3) is 0.400. The summed E-state index contributed by atoms with van der Waals surface area (Å²) < 4.78 is 0. The summed E-state index contributed by atoms with van der Waals surface area (Å²) in [5.41, 5.74) is -0.381. The molecule has 1 atom stereocenters. The summed E-state index contributed by atoms with van der Waals surface area (Å²) in [6.45, 7) is 3.94. The van der Waals surface area contributed by atoms with Crippen molar-refractivity contribution in [1.29, 1.82) is 0 Å². The van der Waals surface area contributed by atoms with Crippen LogP contribution >= 0.6 is 11.6 Å². The van der Waals surface area contributed by atoms with Crippen molar-refractivity contribution in [1.82, 2.24) is 9.97 Å². The molecule has 0 aliphatic carbocycles. The van der Waals surface area contributed by atoms with E-state index in [-0.39, 0.29) is 22.5 Å². The molecule has 1 aromatic rings. The van der Waals surface area contributed by atoms with Crippen molar-refractivity contribution >= 4 is 17.4 Å². The second kappa shape index (κ2) is 4.85. The Labute approximate surface area is 93.1 Å². The van der Waals surface area contributed by atoms with Gasteiger partial charge in [-0.25, -0.2) is 4.98 Å². The smallest absolute Gasteiger partial charge is 0.271 e. The highest BCUT2D eigenvalue weighted by molar-refractivity contribution is 6.32. The highest BCUT2D eigenvalue weighted by Gasteiger charge is 2.13. The van der Waals surface area contributed by atoms with E-state index in [1.165, 1.54) is 6.33 Å². The van der Waals surface area contributed by atoms with Crippen LogP contribution < -0.4 is 10.9 Å². The number of nitrogens with one attached hydrogen (secondary N) is 2. The number of anilines is 1. The molecule has 0 spiro atoms. The van der Waals surface area contributed by atoms with Crippen LogP contribution in [0.1, 0.15) is 13.8 Å². The highest BCUT2D eigenvalue weighted by atomic mass is 35.5. The van der Waals surface area contributed by atoms with Crippen molar-refractivity contribution < 1.29 is 0 Å². The zero-order valence-electron chi connectivity index (χ0n) is 8.54. The molecule has 0 fully saturated rings. The molecule has 1 aromatic heterocycles. The molecule has 15 heavy (non-hydrogen) atoms. The van der Waals surface area contributed by atoms with E-state index < -0.39 is 0 Å². The number of hydrogen-bond donors (Lipinski definition) is 2. The maximum atomic E-state index is 11.2. The van der Waals surface area contributed by atoms with Gasteiger partial charge in [0.2, 0.25) is 0 Å². The van der Waals surface area contributed by atoms with Gasteiger partial charge >= 0.3 is 0 Å². The first-order valence-corrected chi connectivity index (χ1v) is 4.90. The summed E-state index contributed by atoms with van der Waals surface area (Å²) in [7, 11) is 0. The lowest BCUT2D eigenvalue weighted by Gasteiger charge is -2.17. The van der Waals surface area contributed by atoms with Crippen LogP contribution in [0, 0.1) is 18.3 Å². The van der Waals surface area contributed by atoms with Gasteiger partial charge in [0.1, 0.15) is 5.02 Å². The van der Waals surface area contributed by atoms with Crippen LogP contribution in [-0.2, 0) is 0 Å². The molecule has 1 rings (SSSR count). The van der Waals surface area contributed by atoms with E-state index in [2.05, 4.69) is 21.2 Å². The summed E-state index contributed by atoms with van der Waals surface area (Å²) in [6, 6.07) is -0.197. The first-order chi connectivity index (χ1) is 7.06. The Morgan fingerprint density at radius 3 is 2.87 bits per heavy atom. The maximum Gasteiger partial charge on any atom is 0.271 e. The maximum absolute atomic E-state index is 11.2. The molecule has 0 amide bonds. The monoisotopic (exact) mass is 225 g/mol. The molecule has 0 saturated heterocycles. The van der Waals surface area contributed by atoms with E-state index in [0.717, 1.165) is 0 Å². The third kappa shape index (κ3) is 2.74. The zero-order chi connectivity index (χ0) is 11.4. The summed E-state index contributed by atoms with van der Waals surface area (Å²) in [5, 5.41) is 2.96. The highest BCUT2D eigenvalue weighted by Crippen LogP contribution is 2.15. The average molecular weight is 226 g/mol. The third-order valence-corrected chi connectivity index (χ3v) is 2.29. The Balaban J connectivity index is 2.95. The zero-order valence-corrected chi connectivity index (χ0v) is 9.30. The molecule has 0 bridgehead atoms. The van der Waals surface area contributed by atoms with E-state index in [1.807, 2.05) is 13.8 Å². The molecule has 1 unspecified atom stereocenters. The van der Waals surface area contributed by atoms with E-state index in [1.54, 1.807) is 0 Å². The van der Waals surface area contributed by atoms with Crippen LogP contribution in [0.4, 0.5) is 5.82 Å². The Bertz CT molecular complexity index is 433. The van der Waals surface area contributed by atoms with Crippen LogP contribution in [-0.4, -0.2) is 16.0 Å². The van der Waals surface area contributed by atoms with Crippen molar-refractivity contribution in [3.05, 3.63) is 21.7 Å². The van der Waals surface area contributed by atoms with Gasteiger partial charge in [-0.05, 0) is 5.92 Å². The lowest BCUT2D eigenvalue weighted by Crippen LogP contribution is -2.25. The van der Waals surface area contributed by atoms with Crippen LogP contribution in [0.25, 0.3) is 0 Å². The Hall–Kier alpha value is -1.47. The van der Waals surface area contributed by atoms with Gasteiger partial charge in [-0.1, -0.05) is 31.4 Å². The first kappa shape index (κ1) is 11.6. The molecule has 4 nitrogen and oxygen atoms in total. The molecule has 1 heterocycles. The number of terminal acetylenes is 1. The summed E-state index contributed by atoms with van der Waals surface area (Å²) in [5.74, 6) is 3.12. The van der Waals surface area contributed by atoms with Gasteiger partial charge in [-0.3, -0.25) is 4.79 Å². The van der Waals surface area contributed by atoms with Crippen LogP contribution in [0.5, 0.6) is 0 Å². The summed E-state index contributed by atoms with van der Waals surface area (Å²) in [4.78, 5) is 17.4. The predicted molar refractivity (Wildman–Crippen MR) is 60.9 cm³/mol. The normalized spacial score (nSPS) is 12.2. The van der Waals surface area contributed by atoms with E-state index in [0.29, 0.717) is 5.82 Å². The topological polar surface area (TPSA) is 57.8 Å². The third-order valence-electron chi connectivity index (χ3n) is 1.93. The predicted octanol–water partition coefficient (Wildman–Crippen LogP) is 1.49. The van der Waals surface area contributed by atoms with Crippen molar-refractivity contribution in [3.8, 4) is 12.3 Å². The van der Waals surface area contributed by atoms with E-state index in [4.69, 9.17) is 18.0 Å². The quantitative estimate of drug-likeness (QED) is 0.767. The fourth-order valence-corrected chi connectivity index (χ4v) is 1.19. The molecule has 0 aromatic carbocycles. The number of hydrogen-bond acceptors (Lipinski definition) is 3. The minimum Gasteiger partial charge on any atom is -0.355 e. The molecule has 80 valence electrons. The van der Waals surface area contributed by atoms with E-state index in [9.17, 15) is 4.79 Å². The minimum absolute atomic E-state index is 0.0263. The van der Waals surface area contributed by atoms with Crippen LogP contribution in [0.2, 0.25) is 5.02 Å². The van der Waals surface area contributed by atoms with Gasteiger partial charge in [0, 0.05) is 0 Å². The first-order valence-electron chi connectivity index (χ1n) is 4.52. The largest absolute Gasteiger partial charge is 0.355 e. The number of aromatic amines is 1. The summed E-state index contributed by atoms with van der Waals surface area (Å²) >= 11 is 5.76. The van der Waals surface area contributed by atoms with Crippen LogP contribution in [0.15, 0.2) is 11.1 Å². The number of aromatic nitrogens is 2. The summed E-state index contributed by atoms with van der Waals surface area (Å²) in [6.07, 6.45) is 6.62. The van der Waals surface area contributed by atoms with Gasteiger partial charge in [-0.2, -0.15) is 0 Å². The van der Waals surface area contributed by atoms with Crippen molar-refractivity contribution in [2.24, 2.45) is 5.92 Å². The molecular weight excluding hydrogens is 214 g/mol. The standard InChI is InChI=1S/C10H12ClN3O/c1-4-7(6(2)3)14-9-8(11)10(15)13-5-12-9/h1,5-7H,2-3H3,(H2,12,13,14,15). The van der Waals surface area contributed by atoms with Gasteiger partial charge in [0.05, 0.1) is 12.4 Å². The fourth-order valence-electron chi connectivity index (χ4n) is 1.03. The van der Waals surface area contributed by atoms with Crippen molar-refractivity contribution in [3.63, 3.8) is 0 Å². The average Bonchev–Trinajstić information content (AvgIpc) is 2.19. The van der Waals surface area contributed by atoms with E-state index >= 15 is 0 Å². The SMILES string of the molecule is C#CC(Nc1nc[nH]c(=O)c1Cl)C(C)C. The lowest BCUT2D eigenvalue weighted by atomic mass is 10.1. The number of halogens is 1. The second-order valence-corrected chi connectivity index (χ2v) is 3.80. The minimum atomic E-state index is -0.381.